The number of nitrogens with two attached hydrogens (primary N) is 1. The van der Waals surface area contributed by atoms with Gasteiger partial charge in [-0.3, -0.25) is 0 Å². The molecule has 26 heavy (non-hydrogen) atoms. The van der Waals surface area contributed by atoms with E-state index in [1.54, 1.807) is 36.4 Å². The largest absolute Gasteiger partial charge is 0.383 e. The van der Waals surface area contributed by atoms with Crippen molar-refractivity contribution in [2.24, 2.45) is 0 Å². The van der Waals surface area contributed by atoms with E-state index >= 15 is 0 Å². The van der Waals surface area contributed by atoms with Crippen LogP contribution < -0.4 is 5.73 Å². The van der Waals surface area contributed by atoms with E-state index in [-0.39, 0.29) is 16.1 Å². The van der Waals surface area contributed by atoms with Crippen LogP contribution in [0.4, 0.5) is 5.82 Å². The van der Waals surface area contributed by atoms with Crippen LogP contribution in [0.1, 0.15) is 26.3 Å². The number of halogens is 1. The van der Waals surface area contributed by atoms with Crippen molar-refractivity contribution in [2.75, 3.05) is 5.73 Å². The lowest BCUT2D eigenvalue weighted by molar-refractivity contribution is 0.578. The summed E-state index contributed by atoms with van der Waals surface area (Å²) >= 11 is 5.89. The molecule has 2 N–H and O–H groups in total. The third-order valence-electron chi connectivity index (χ3n) is 4.09. The van der Waals surface area contributed by atoms with Crippen molar-refractivity contribution in [3.05, 3.63) is 65.2 Å². The predicted molar refractivity (Wildman–Crippen MR) is 105 cm³/mol. The number of hydrogen-bond acceptors (Lipinski definition) is 4. The van der Waals surface area contributed by atoms with Crippen LogP contribution in [0.3, 0.4) is 0 Å². The maximum Gasteiger partial charge on any atom is 0.284 e. The molecule has 0 aliphatic rings. The third kappa shape index (κ3) is 3.48. The first kappa shape index (κ1) is 18.5. The Morgan fingerprint density at radius 3 is 2.12 bits per heavy atom. The van der Waals surface area contributed by atoms with Crippen molar-refractivity contribution in [3.63, 3.8) is 0 Å². The second kappa shape index (κ2) is 6.45. The predicted octanol–water partition coefficient (Wildman–Crippen LogP) is 4.32. The summed E-state index contributed by atoms with van der Waals surface area (Å²) in [6.45, 7) is 6.21. The molecule has 3 aromatic rings. The molecule has 3 rings (SSSR count). The zero-order valence-corrected chi connectivity index (χ0v) is 16.3. The van der Waals surface area contributed by atoms with E-state index < -0.39 is 10.0 Å². The van der Waals surface area contributed by atoms with E-state index in [1.807, 2.05) is 12.1 Å². The number of anilines is 1. The van der Waals surface area contributed by atoms with Crippen molar-refractivity contribution in [1.29, 1.82) is 0 Å². The summed E-state index contributed by atoms with van der Waals surface area (Å²) in [6, 6.07) is 15.3. The normalized spacial score (nSPS) is 12.3. The quantitative estimate of drug-likeness (QED) is 0.723. The maximum atomic E-state index is 12.9. The summed E-state index contributed by atoms with van der Waals surface area (Å²) in [5.74, 6) is 0.0508. The molecule has 0 atom stereocenters. The van der Waals surface area contributed by atoms with Crippen molar-refractivity contribution in [1.82, 2.24) is 9.19 Å². The molecule has 1 aromatic heterocycles. The van der Waals surface area contributed by atoms with Gasteiger partial charge in [0, 0.05) is 16.7 Å². The number of hydrogen-bond donors (Lipinski definition) is 1. The molecule has 2 aromatic carbocycles. The topological polar surface area (TPSA) is 78.0 Å². The Bertz CT molecular complexity index is 1030. The number of rotatable bonds is 3. The molecule has 0 saturated carbocycles. The monoisotopic (exact) mass is 389 g/mol. The highest BCUT2D eigenvalue weighted by atomic mass is 35.5. The Morgan fingerprint density at radius 1 is 1.00 bits per heavy atom. The molecule has 0 saturated heterocycles. The second-order valence-corrected chi connectivity index (χ2v) is 9.29. The lowest BCUT2D eigenvalue weighted by Gasteiger charge is -2.19. The van der Waals surface area contributed by atoms with Gasteiger partial charge < -0.3 is 5.73 Å². The van der Waals surface area contributed by atoms with E-state index in [0.717, 1.165) is 15.2 Å². The molecule has 136 valence electrons. The SMILES string of the molecule is CC(C)(C)c1ccc(S(=O)(=O)n2nc(-c3ccc(Cl)cc3)cc2N)cc1. The van der Waals surface area contributed by atoms with Crippen molar-refractivity contribution in [3.8, 4) is 11.3 Å². The van der Waals surface area contributed by atoms with Crippen LogP contribution in [0, 0.1) is 0 Å². The van der Waals surface area contributed by atoms with Gasteiger partial charge in [-0.25, -0.2) is 0 Å². The molecule has 0 aliphatic carbocycles. The molecule has 7 heteroatoms. The standard InChI is InChI=1S/C19H20ClN3O2S/c1-19(2,3)14-6-10-16(11-7-14)26(24,25)23-18(21)12-17(22-23)13-4-8-15(20)9-5-13/h4-12H,21H2,1-3H3. The lowest BCUT2D eigenvalue weighted by atomic mass is 9.87. The zero-order chi connectivity index (χ0) is 19.1. The van der Waals surface area contributed by atoms with E-state index in [4.69, 9.17) is 17.3 Å². The van der Waals surface area contributed by atoms with Gasteiger partial charge in [0.05, 0.1) is 10.6 Å². The van der Waals surface area contributed by atoms with Crippen LogP contribution in [-0.4, -0.2) is 17.6 Å². The van der Waals surface area contributed by atoms with E-state index in [9.17, 15) is 8.42 Å². The Kier molecular flexibility index (Phi) is 4.58. The molecule has 0 unspecified atom stereocenters. The van der Waals surface area contributed by atoms with Crippen molar-refractivity contribution >= 4 is 27.4 Å². The first-order chi connectivity index (χ1) is 12.1. The van der Waals surface area contributed by atoms with E-state index in [0.29, 0.717) is 10.7 Å². The first-order valence-corrected chi connectivity index (χ1v) is 9.88. The van der Waals surface area contributed by atoms with Gasteiger partial charge >= 0.3 is 0 Å². The molecular formula is C19H20ClN3O2S. The number of nitrogens with zero attached hydrogens (tertiary/aromatic N) is 2. The highest BCUT2D eigenvalue weighted by Gasteiger charge is 2.23. The molecule has 0 fully saturated rings. The highest BCUT2D eigenvalue weighted by Crippen LogP contribution is 2.27. The van der Waals surface area contributed by atoms with Gasteiger partial charge in [0.1, 0.15) is 5.82 Å². The number of aromatic nitrogens is 2. The molecule has 0 radical (unpaired) electrons. The van der Waals surface area contributed by atoms with Crippen molar-refractivity contribution in [2.45, 2.75) is 31.1 Å². The summed E-state index contributed by atoms with van der Waals surface area (Å²) in [6.07, 6.45) is 0. The molecule has 0 bridgehead atoms. The Balaban J connectivity index is 2.01. The van der Waals surface area contributed by atoms with Gasteiger partial charge in [0.25, 0.3) is 10.0 Å². The van der Waals surface area contributed by atoms with Crippen LogP contribution >= 0.6 is 11.6 Å². The van der Waals surface area contributed by atoms with E-state index in [1.165, 1.54) is 6.07 Å². The minimum Gasteiger partial charge on any atom is -0.383 e. The molecule has 0 spiro atoms. The third-order valence-corrected chi connectivity index (χ3v) is 5.96. The fourth-order valence-electron chi connectivity index (χ4n) is 2.56. The fourth-order valence-corrected chi connectivity index (χ4v) is 3.89. The molecule has 1 heterocycles. The lowest BCUT2D eigenvalue weighted by Crippen LogP contribution is -2.17. The van der Waals surface area contributed by atoms with Crippen LogP contribution in [-0.2, 0) is 15.4 Å². The van der Waals surface area contributed by atoms with Crippen molar-refractivity contribution < 1.29 is 8.42 Å². The smallest absolute Gasteiger partial charge is 0.284 e. The van der Waals surface area contributed by atoms with Gasteiger partial charge in [-0.1, -0.05) is 56.6 Å². The Morgan fingerprint density at radius 2 is 1.58 bits per heavy atom. The van der Waals surface area contributed by atoms with Crippen LogP contribution in [0.25, 0.3) is 11.3 Å². The maximum absolute atomic E-state index is 12.9. The van der Waals surface area contributed by atoms with Gasteiger partial charge in [0.2, 0.25) is 0 Å². The minimum absolute atomic E-state index is 0.0508. The average Bonchev–Trinajstić information content (AvgIpc) is 2.97. The molecule has 0 amide bonds. The summed E-state index contributed by atoms with van der Waals surface area (Å²) in [5, 5.41) is 4.78. The van der Waals surface area contributed by atoms with Gasteiger partial charge in [-0.15, -0.1) is 4.09 Å². The number of benzene rings is 2. The molecular weight excluding hydrogens is 370 g/mol. The highest BCUT2D eigenvalue weighted by molar-refractivity contribution is 7.90. The van der Waals surface area contributed by atoms with E-state index in [2.05, 4.69) is 25.9 Å². The summed E-state index contributed by atoms with van der Waals surface area (Å²) < 4.78 is 26.7. The van der Waals surface area contributed by atoms with Crippen LogP contribution in [0.5, 0.6) is 0 Å². The van der Waals surface area contributed by atoms with Gasteiger partial charge in [-0.2, -0.15) is 13.5 Å². The average molecular weight is 390 g/mol. The number of nitrogen functional groups attached to an aromatic ring is 1. The Hall–Kier alpha value is -2.31. The van der Waals surface area contributed by atoms with Crippen LogP contribution in [0.2, 0.25) is 5.02 Å². The Labute approximate surface area is 158 Å². The van der Waals surface area contributed by atoms with Gasteiger partial charge in [0.15, 0.2) is 0 Å². The van der Waals surface area contributed by atoms with Crippen LogP contribution in [0.15, 0.2) is 59.5 Å². The first-order valence-electron chi connectivity index (χ1n) is 8.06. The second-order valence-electron chi connectivity index (χ2n) is 7.08. The minimum atomic E-state index is -3.87. The summed E-state index contributed by atoms with van der Waals surface area (Å²) in [7, 11) is -3.87. The van der Waals surface area contributed by atoms with Gasteiger partial charge in [-0.05, 0) is 35.2 Å². The molecule has 5 nitrogen and oxygen atoms in total. The summed E-state index contributed by atoms with van der Waals surface area (Å²) in [5.41, 5.74) is 8.11. The zero-order valence-electron chi connectivity index (χ0n) is 14.8. The fraction of sp³-hybridized carbons (Fsp3) is 0.211. The summed E-state index contributed by atoms with van der Waals surface area (Å²) in [4.78, 5) is 0.142. The molecule has 0 aliphatic heterocycles.